The number of benzene rings is 1. The summed E-state index contributed by atoms with van der Waals surface area (Å²) in [6.07, 6.45) is -3.52. The quantitative estimate of drug-likeness (QED) is 0.773. The molecule has 1 aliphatic rings. The van der Waals surface area contributed by atoms with Crippen LogP contribution in [0.1, 0.15) is 37.1 Å². The number of rotatable bonds is 4. The average Bonchev–Trinajstić information content (AvgIpc) is 2.83. The molecule has 0 atom stereocenters. The maximum absolute atomic E-state index is 13.3. The molecule has 1 aromatic heterocycles. The minimum atomic E-state index is -4.50. The lowest BCUT2D eigenvalue weighted by Crippen LogP contribution is -2.39. The molecule has 23 heavy (non-hydrogen) atoms. The fraction of sp³-hybridized carbons (Fsp3) is 0.533. The first-order valence-corrected chi connectivity index (χ1v) is 8.34. The van der Waals surface area contributed by atoms with Crippen molar-refractivity contribution >= 4 is 27.0 Å². The van der Waals surface area contributed by atoms with Gasteiger partial charge in [0.15, 0.2) is 0 Å². The standard InChI is InChI=1S/C15H16BrF3N2O2/c1-14(22)6-8(7-14)13-20-11-5-9(23-3-2-16)4-10(12(11)21-13)15(17,18)19/h4-5,8,22H,2-3,6-7H2,1H3,(H,20,21). The minimum Gasteiger partial charge on any atom is -0.493 e. The Morgan fingerprint density at radius 2 is 2.13 bits per heavy atom. The first-order valence-electron chi connectivity index (χ1n) is 7.21. The number of nitrogens with one attached hydrogen (secondary N) is 1. The van der Waals surface area contributed by atoms with E-state index in [2.05, 4.69) is 25.9 Å². The number of aliphatic hydroxyl groups is 1. The van der Waals surface area contributed by atoms with E-state index in [4.69, 9.17) is 4.74 Å². The maximum atomic E-state index is 13.3. The molecule has 1 aliphatic carbocycles. The molecule has 1 aromatic carbocycles. The molecule has 126 valence electrons. The van der Waals surface area contributed by atoms with E-state index >= 15 is 0 Å². The summed E-state index contributed by atoms with van der Waals surface area (Å²) >= 11 is 3.17. The van der Waals surface area contributed by atoms with E-state index in [0.29, 0.717) is 24.0 Å². The number of hydrogen-bond donors (Lipinski definition) is 2. The van der Waals surface area contributed by atoms with Crippen LogP contribution in [-0.2, 0) is 6.18 Å². The highest BCUT2D eigenvalue weighted by Gasteiger charge is 2.41. The molecule has 1 saturated carbocycles. The second kappa shape index (κ2) is 5.66. The topological polar surface area (TPSA) is 58.1 Å². The summed E-state index contributed by atoms with van der Waals surface area (Å²) in [4.78, 5) is 7.07. The first kappa shape index (κ1) is 16.6. The molecule has 0 amide bonds. The second-order valence-electron chi connectivity index (χ2n) is 6.12. The fourth-order valence-electron chi connectivity index (χ4n) is 2.96. The molecule has 3 rings (SSSR count). The predicted octanol–water partition coefficient (Wildman–Crippen LogP) is 3.98. The molecule has 4 nitrogen and oxygen atoms in total. The van der Waals surface area contributed by atoms with Crippen molar-refractivity contribution in [1.29, 1.82) is 0 Å². The van der Waals surface area contributed by atoms with Gasteiger partial charge in [-0.25, -0.2) is 4.98 Å². The third-order valence-electron chi connectivity index (χ3n) is 4.00. The van der Waals surface area contributed by atoms with E-state index < -0.39 is 17.3 Å². The Kier molecular flexibility index (Phi) is 4.08. The predicted molar refractivity (Wildman–Crippen MR) is 83.0 cm³/mol. The van der Waals surface area contributed by atoms with Crippen LogP contribution in [0.5, 0.6) is 5.75 Å². The highest BCUT2D eigenvalue weighted by Crippen LogP contribution is 2.45. The van der Waals surface area contributed by atoms with Crippen molar-refractivity contribution in [2.45, 2.75) is 37.5 Å². The number of halogens is 4. The molecule has 1 heterocycles. The van der Waals surface area contributed by atoms with Gasteiger partial charge in [0.1, 0.15) is 11.6 Å². The zero-order valence-electron chi connectivity index (χ0n) is 12.4. The highest BCUT2D eigenvalue weighted by atomic mass is 79.9. The monoisotopic (exact) mass is 392 g/mol. The van der Waals surface area contributed by atoms with Crippen molar-refractivity contribution in [1.82, 2.24) is 9.97 Å². The van der Waals surface area contributed by atoms with Gasteiger partial charge in [0, 0.05) is 17.3 Å². The van der Waals surface area contributed by atoms with Crippen LogP contribution in [0.4, 0.5) is 13.2 Å². The Labute approximate surface area is 139 Å². The molecule has 1 fully saturated rings. The van der Waals surface area contributed by atoms with Crippen LogP contribution in [0.25, 0.3) is 11.0 Å². The number of fused-ring (bicyclic) bond motifs is 1. The lowest BCUT2D eigenvalue weighted by molar-refractivity contribution is -0.136. The largest absolute Gasteiger partial charge is 0.493 e. The van der Waals surface area contributed by atoms with Gasteiger partial charge in [-0.15, -0.1) is 0 Å². The van der Waals surface area contributed by atoms with Crippen LogP contribution in [0.2, 0.25) is 0 Å². The number of hydrogen-bond acceptors (Lipinski definition) is 3. The average molecular weight is 393 g/mol. The summed E-state index contributed by atoms with van der Waals surface area (Å²) in [6, 6.07) is 2.49. The summed E-state index contributed by atoms with van der Waals surface area (Å²) < 4.78 is 45.2. The molecule has 0 spiro atoms. The summed E-state index contributed by atoms with van der Waals surface area (Å²) in [5, 5.41) is 10.3. The van der Waals surface area contributed by atoms with Gasteiger partial charge in [-0.05, 0) is 25.8 Å². The Morgan fingerprint density at radius 3 is 2.70 bits per heavy atom. The molecule has 2 aromatic rings. The lowest BCUT2D eigenvalue weighted by atomic mass is 9.72. The van der Waals surface area contributed by atoms with E-state index in [1.54, 1.807) is 6.92 Å². The van der Waals surface area contributed by atoms with Crippen molar-refractivity contribution in [2.75, 3.05) is 11.9 Å². The minimum absolute atomic E-state index is 0.0368. The van der Waals surface area contributed by atoms with Crippen LogP contribution in [0.15, 0.2) is 12.1 Å². The van der Waals surface area contributed by atoms with Crippen molar-refractivity contribution < 1.29 is 23.0 Å². The smallest absolute Gasteiger partial charge is 0.418 e. The Morgan fingerprint density at radius 1 is 1.43 bits per heavy atom. The van der Waals surface area contributed by atoms with E-state index in [1.165, 1.54) is 6.07 Å². The highest BCUT2D eigenvalue weighted by molar-refractivity contribution is 9.09. The number of ether oxygens (including phenoxy) is 1. The summed E-state index contributed by atoms with van der Waals surface area (Å²) in [5.74, 6) is 0.572. The summed E-state index contributed by atoms with van der Waals surface area (Å²) in [7, 11) is 0. The SMILES string of the molecule is CC1(O)CC(c2nc3cc(OCCBr)cc(C(F)(F)F)c3[nH]2)C1. The molecule has 0 aliphatic heterocycles. The third-order valence-corrected chi connectivity index (χ3v) is 4.32. The van der Waals surface area contributed by atoms with Crippen molar-refractivity contribution in [3.63, 3.8) is 0 Å². The number of nitrogens with zero attached hydrogens (tertiary/aromatic N) is 1. The van der Waals surface area contributed by atoms with Gasteiger partial charge in [0.05, 0.1) is 28.8 Å². The van der Waals surface area contributed by atoms with Crippen LogP contribution < -0.4 is 4.74 Å². The van der Waals surface area contributed by atoms with Crippen LogP contribution in [0.3, 0.4) is 0 Å². The number of H-pyrrole nitrogens is 1. The number of imidazole rings is 1. The van der Waals surface area contributed by atoms with Gasteiger partial charge in [-0.2, -0.15) is 13.2 Å². The van der Waals surface area contributed by atoms with Crippen molar-refractivity contribution in [2.24, 2.45) is 0 Å². The van der Waals surface area contributed by atoms with Gasteiger partial charge in [-0.1, -0.05) is 15.9 Å². The molecule has 8 heteroatoms. The normalized spacial score (nSPS) is 24.7. The number of aromatic amines is 1. The Bertz CT molecular complexity index is 719. The molecule has 0 saturated heterocycles. The Balaban J connectivity index is 2.02. The van der Waals surface area contributed by atoms with Gasteiger partial charge < -0.3 is 14.8 Å². The van der Waals surface area contributed by atoms with Crippen molar-refractivity contribution in [3.05, 3.63) is 23.5 Å². The van der Waals surface area contributed by atoms with Crippen LogP contribution in [0, 0.1) is 0 Å². The zero-order valence-corrected chi connectivity index (χ0v) is 14.0. The molecule has 0 bridgehead atoms. The molecule has 0 radical (unpaired) electrons. The summed E-state index contributed by atoms with van der Waals surface area (Å²) in [5.41, 5.74) is -1.36. The van der Waals surface area contributed by atoms with Crippen molar-refractivity contribution in [3.8, 4) is 5.75 Å². The van der Waals surface area contributed by atoms with Crippen LogP contribution >= 0.6 is 15.9 Å². The Hall–Kier alpha value is -1.28. The van der Waals surface area contributed by atoms with Gasteiger partial charge in [0.25, 0.3) is 0 Å². The molecular weight excluding hydrogens is 377 g/mol. The second-order valence-corrected chi connectivity index (χ2v) is 6.92. The van der Waals surface area contributed by atoms with Crippen LogP contribution in [-0.4, -0.2) is 32.6 Å². The van der Waals surface area contributed by atoms with Gasteiger partial charge in [0.2, 0.25) is 0 Å². The van der Waals surface area contributed by atoms with Gasteiger partial charge in [-0.3, -0.25) is 0 Å². The van der Waals surface area contributed by atoms with E-state index in [0.717, 1.165) is 6.07 Å². The fourth-order valence-corrected chi connectivity index (χ4v) is 3.12. The van der Waals surface area contributed by atoms with E-state index in [1.807, 2.05) is 0 Å². The van der Waals surface area contributed by atoms with Gasteiger partial charge >= 0.3 is 6.18 Å². The zero-order chi connectivity index (χ0) is 16.8. The molecular formula is C15H16BrF3N2O2. The maximum Gasteiger partial charge on any atom is 0.418 e. The first-order chi connectivity index (χ1) is 10.7. The molecule has 2 N–H and O–H groups in total. The third kappa shape index (κ3) is 3.33. The lowest BCUT2D eigenvalue weighted by Gasteiger charge is -2.39. The van der Waals surface area contributed by atoms with E-state index in [-0.39, 0.29) is 29.3 Å². The molecule has 0 unspecified atom stereocenters. The number of alkyl halides is 4. The van der Waals surface area contributed by atoms with E-state index in [9.17, 15) is 18.3 Å². The summed E-state index contributed by atoms with van der Waals surface area (Å²) in [6.45, 7) is 1.98. The number of aromatic nitrogens is 2.